The van der Waals surface area contributed by atoms with Gasteiger partial charge in [0.1, 0.15) is 0 Å². The number of hydrogen-bond acceptors (Lipinski definition) is 4. The summed E-state index contributed by atoms with van der Waals surface area (Å²) in [5.74, 6) is 0. The average Bonchev–Trinajstić information content (AvgIpc) is 2.93. The maximum Gasteiger partial charge on any atom is 0.222 e. The van der Waals surface area contributed by atoms with E-state index in [-0.39, 0.29) is 11.6 Å². The van der Waals surface area contributed by atoms with Gasteiger partial charge in [-0.3, -0.25) is 0 Å². The van der Waals surface area contributed by atoms with Gasteiger partial charge in [0.05, 0.1) is 18.9 Å². The van der Waals surface area contributed by atoms with E-state index in [2.05, 4.69) is 9.97 Å². The van der Waals surface area contributed by atoms with E-state index in [1.54, 1.807) is 6.20 Å². The second kappa shape index (κ2) is 5.02. The smallest absolute Gasteiger partial charge is 0.222 e. The van der Waals surface area contributed by atoms with Crippen LogP contribution in [-0.4, -0.2) is 23.2 Å². The predicted octanol–water partition coefficient (Wildman–Crippen LogP) is 2.84. The molecule has 3 rings (SSSR count). The molecule has 1 aromatic carbocycles. The van der Waals surface area contributed by atoms with Crippen molar-refractivity contribution >= 4 is 11.6 Å². The van der Waals surface area contributed by atoms with Crippen molar-refractivity contribution in [3.05, 3.63) is 47.4 Å². The van der Waals surface area contributed by atoms with E-state index >= 15 is 0 Å². The summed E-state index contributed by atoms with van der Waals surface area (Å²) in [4.78, 5) is 8.05. The van der Waals surface area contributed by atoms with Crippen LogP contribution in [-0.2, 0) is 9.47 Å². The number of benzene rings is 1. The molecule has 1 aromatic heterocycles. The molecule has 1 aliphatic heterocycles. The van der Waals surface area contributed by atoms with E-state index in [0.717, 1.165) is 16.8 Å². The molecule has 0 bridgehead atoms. The van der Waals surface area contributed by atoms with E-state index in [1.807, 2.05) is 30.3 Å². The van der Waals surface area contributed by atoms with Gasteiger partial charge in [0, 0.05) is 17.3 Å². The summed E-state index contributed by atoms with van der Waals surface area (Å²) in [6.07, 6.45) is 1.36. The summed E-state index contributed by atoms with van der Waals surface area (Å²) in [5, 5.41) is 0.242. The Labute approximate surface area is 110 Å². The second-order valence-corrected chi connectivity index (χ2v) is 4.25. The van der Waals surface area contributed by atoms with Gasteiger partial charge in [-0.05, 0) is 23.7 Å². The molecule has 1 fully saturated rings. The molecule has 1 aliphatic rings. The number of ether oxygens (including phenoxy) is 2. The van der Waals surface area contributed by atoms with Crippen molar-refractivity contribution in [2.24, 2.45) is 0 Å². The van der Waals surface area contributed by atoms with Crippen LogP contribution in [0.4, 0.5) is 0 Å². The van der Waals surface area contributed by atoms with Crippen LogP contribution in [0, 0.1) is 0 Å². The molecule has 5 heteroatoms. The highest BCUT2D eigenvalue weighted by atomic mass is 35.5. The fourth-order valence-corrected chi connectivity index (χ4v) is 2.04. The Bertz CT molecular complexity index is 556. The van der Waals surface area contributed by atoms with E-state index in [9.17, 15) is 0 Å². The molecule has 2 heterocycles. The van der Waals surface area contributed by atoms with Gasteiger partial charge in [0.15, 0.2) is 6.29 Å². The molecule has 18 heavy (non-hydrogen) atoms. The lowest BCUT2D eigenvalue weighted by Gasteiger charge is -2.10. The van der Waals surface area contributed by atoms with Crippen LogP contribution in [0.15, 0.2) is 36.5 Å². The van der Waals surface area contributed by atoms with Crippen molar-refractivity contribution in [3.63, 3.8) is 0 Å². The van der Waals surface area contributed by atoms with Crippen molar-refractivity contribution in [1.82, 2.24) is 9.97 Å². The average molecular weight is 263 g/mol. The molecular weight excluding hydrogens is 252 g/mol. The van der Waals surface area contributed by atoms with Gasteiger partial charge >= 0.3 is 0 Å². The van der Waals surface area contributed by atoms with Gasteiger partial charge < -0.3 is 9.47 Å². The van der Waals surface area contributed by atoms with Crippen LogP contribution in [0.5, 0.6) is 0 Å². The first-order valence-corrected chi connectivity index (χ1v) is 6.03. The van der Waals surface area contributed by atoms with Gasteiger partial charge in [-0.15, -0.1) is 0 Å². The zero-order valence-corrected chi connectivity index (χ0v) is 10.3. The molecule has 92 valence electrons. The van der Waals surface area contributed by atoms with Crippen molar-refractivity contribution in [3.8, 4) is 11.3 Å². The lowest BCUT2D eigenvalue weighted by molar-refractivity contribution is -0.0440. The molecule has 0 aliphatic carbocycles. The maximum atomic E-state index is 5.79. The van der Waals surface area contributed by atoms with Crippen LogP contribution in [0.2, 0.25) is 5.28 Å². The third kappa shape index (κ3) is 2.36. The van der Waals surface area contributed by atoms with Gasteiger partial charge in [-0.25, -0.2) is 9.97 Å². The van der Waals surface area contributed by atoms with Gasteiger partial charge in [-0.2, -0.15) is 0 Å². The zero-order valence-electron chi connectivity index (χ0n) is 9.54. The number of rotatable bonds is 2. The highest BCUT2D eigenvalue weighted by Gasteiger charge is 2.18. The van der Waals surface area contributed by atoms with E-state index in [0.29, 0.717) is 13.2 Å². The lowest BCUT2D eigenvalue weighted by atomic mass is 10.1. The molecule has 0 saturated carbocycles. The Kier molecular flexibility index (Phi) is 3.23. The largest absolute Gasteiger partial charge is 0.346 e. The van der Waals surface area contributed by atoms with Crippen molar-refractivity contribution in [1.29, 1.82) is 0 Å². The molecule has 4 nitrogen and oxygen atoms in total. The SMILES string of the molecule is Clc1nccc(-c2cccc(C3OCCO3)c2)n1. The van der Waals surface area contributed by atoms with Crippen molar-refractivity contribution in [2.75, 3.05) is 13.2 Å². The van der Waals surface area contributed by atoms with Crippen molar-refractivity contribution in [2.45, 2.75) is 6.29 Å². The molecule has 0 spiro atoms. The number of halogens is 1. The molecule has 0 unspecified atom stereocenters. The highest BCUT2D eigenvalue weighted by molar-refractivity contribution is 6.28. The summed E-state index contributed by atoms with van der Waals surface area (Å²) >= 11 is 5.79. The topological polar surface area (TPSA) is 44.2 Å². The first-order chi connectivity index (χ1) is 8.83. The van der Waals surface area contributed by atoms with Gasteiger partial charge in [-0.1, -0.05) is 18.2 Å². The Morgan fingerprint density at radius 1 is 1.17 bits per heavy atom. The Hall–Kier alpha value is -1.49. The minimum atomic E-state index is -0.276. The van der Waals surface area contributed by atoms with Crippen LogP contribution in [0.1, 0.15) is 11.9 Å². The fraction of sp³-hybridized carbons (Fsp3) is 0.231. The second-order valence-electron chi connectivity index (χ2n) is 3.91. The molecule has 0 radical (unpaired) electrons. The van der Waals surface area contributed by atoms with Crippen LogP contribution < -0.4 is 0 Å². The number of hydrogen-bond donors (Lipinski definition) is 0. The van der Waals surface area contributed by atoms with E-state index < -0.39 is 0 Å². The summed E-state index contributed by atoms with van der Waals surface area (Å²) in [7, 11) is 0. The maximum absolute atomic E-state index is 5.79. The van der Waals surface area contributed by atoms with Crippen molar-refractivity contribution < 1.29 is 9.47 Å². The van der Waals surface area contributed by atoms with Gasteiger partial charge in [0.25, 0.3) is 0 Å². The molecule has 0 amide bonds. The third-order valence-corrected chi connectivity index (χ3v) is 2.88. The number of nitrogens with zero attached hydrogens (tertiary/aromatic N) is 2. The summed E-state index contributed by atoms with van der Waals surface area (Å²) < 4.78 is 10.9. The molecule has 2 aromatic rings. The summed E-state index contributed by atoms with van der Waals surface area (Å²) in [5.41, 5.74) is 2.74. The zero-order chi connectivity index (χ0) is 12.4. The monoisotopic (exact) mass is 262 g/mol. The summed E-state index contributed by atoms with van der Waals surface area (Å²) in [6.45, 7) is 1.27. The minimum absolute atomic E-state index is 0.242. The first kappa shape index (κ1) is 11.6. The third-order valence-electron chi connectivity index (χ3n) is 2.70. The van der Waals surface area contributed by atoms with Crippen LogP contribution in [0.3, 0.4) is 0 Å². The summed E-state index contributed by atoms with van der Waals surface area (Å²) in [6, 6.07) is 9.71. The normalized spacial score (nSPS) is 16.1. The van der Waals surface area contributed by atoms with Crippen LogP contribution in [0.25, 0.3) is 11.3 Å². The Balaban J connectivity index is 1.95. The van der Waals surface area contributed by atoms with E-state index in [4.69, 9.17) is 21.1 Å². The first-order valence-electron chi connectivity index (χ1n) is 5.65. The molecule has 0 atom stereocenters. The standard InChI is InChI=1S/C13H11ClN2O2/c14-13-15-5-4-11(16-13)9-2-1-3-10(8-9)12-17-6-7-18-12/h1-5,8,12H,6-7H2. The minimum Gasteiger partial charge on any atom is -0.346 e. The Morgan fingerprint density at radius 2 is 2.00 bits per heavy atom. The number of aromatic nitrogens is 2. The molecular formula is C13H11ClN2O2. The predicted molar refractivity (Wildman–Crippen MR) is 67.1 cm³/mol. The Morgan fingerprint density at radius 3 is 2.78 bits per heavy atom. The molecule has 1 saturated heterocycles. The van der Waals surface area contributed by atoms with E-state index in [1.165, 1.54) is 0 Å². The molecule has 0 N–H and O–H groups in total. The van der Waals surface area contributed by atoms with Gasteiger partial charge in [0.2, 0.25) is 5.28 Å². The van der Waals surface area contributed by atoms with Crippen LogP contribution >= 0.6 is 11.6 Å². The fourth-order valence-electron chi connectivity index (χ4n) is 1.89. The lowest BCUT2D eigenvalue weighted by Crippen LogP contribution is -1.98. The quantitative estimate of drug-likeness (QED) is 0.781. The highest BCUT2D eigenvalue weighted by Crippen LogP contribution is 2.27.